The molecule has 2 unspecified atom stereocenters. The first-order valence-corrected chi connectivity index (χ1v) is 17.1. The lowest BCUT2D eigenvalue weighted by Gasteiger charge is -2.22. The molecule has 0 fully saturated rings. The average molecular weight is 617 g/mol. The third kappa shape index (κ3) is 4.92. The van der Waals surface area contributed by atoms with Crippen LogP contribution in [0.15, 0.2) is 182 Å². The summed E-state index contributed by atoms with van der Waals surface area (Å²) in [5.74, 6) is 0.246. The van der Waals surface area contributed by atoms with Crippen LogP contribution < -0.4 is 0 Å². The van der Waals surface area contributed by atoms with E-state index in [1.54, 1.807) is 0 Å². The minimum absolute atomic E-state index is 0.123. The Morgan fingerprint density at radius 2 is 0.702 bits per heavy atom. The second-order valence-electron chi connectivity index (χ2n) is 12.4. The van der Waals surface area contributed by atoms with E-state index >= 15 is 0 Å². The van der Waals surface area contributed by atoms with Crippen molar-refractivity contribution in [2.45, 2.75) is 11.8 Å². The molecule has 222 valence electrons. The van der Waals surface area contributed by atoms with Crippen LogP contribution >= 0.6 is 11.3 Å². The fourth-order valence-corrected chi connectivity index (χ4v) is 8.64. The molecule has 47 heavy (non-hydrogen) atoms. The van der Waals surface area contributed by atoms with Gasteiger partial charge in [-0.2, -0.15) is 0 Å². The van der Waals surface area contributed by atoms with Crippen LogP contribution in [-0.2, 0) is 0 Å². The zero-order valence-electron chi connectivity index (χ0n) is 25.9. The molecule has 8 aromatic carbocycles. The summed E-state index contributed by atoms with van der Waals surface area (Å²) in [4.78, 5) is 0. The maximum atomic E-state index is 2.47. The molecule has 0 spiro atoms. The fraction of sp³-hybridized carbons (Fsp3) is 0.0435. The van der Waals surface area contributed by atoms with Gasteiger partial charge in [0.25, 0.3) is 0 Å². The molecule has 9 aromatic rings. The van der Waals surface area contributed by atoms with Crippen LogP contribution in [-0.4, -0.2) is 0 Å². The van der Waals surface area contributed by atoms with Crippen molar-refractivity contribution in [2.24, 2.45) is 0 Å². The molecule has 1 aromatic heterocycles. The van der Waals surface area contributed by atoms with Crippen LogP contribution in [0.5, 0.6) is 0 Å². The van der Waals surface area contributed by atoms with Crippen molar-refractivity contribution < 1.29 is 0 Å². The van der Waals surface area contributed by atoms with E-state index < -0.39 is 0 Å². The molecular formula is C46H32S. The van der Waals surface area contributed by atoms with Gasteiger partial charge in [0.15, 0.2) is 0 Å². The number of fused-ring (bicyclic) bond motifs is 5. The smallest absolute Gasteiger partial charge is 0.0355 e. The largest absolute Gasteiger partial charge is 0.135 e. The van der Waals surface area contributed by atoms with Gasteiger partial charge in [-0.1, -0.05) is 158 Å². The number of rotatable bonds is 6. The predicted octanol–water partition coefficient (Wildman–Crippen LogP) is 12.7. The van der Waals surface area contributed by atoms with Crippen molar-refractivity contribution in [3.8, 4) is 0 Å². The molecule has 0 amide bonds. The van der Waals surface area contributed by atoms with Crippen LogP contribution in [0.2, 0.25) is 0 Å². The Bertz CT molecular complexity index is 2340. The molecular weight excluding hydrogens is 585 g/mol. The molecule has 0 radical (unpaired) electrons. The summed E-state index contributed by atoms with van der Waals surface area (Å²) < 4.78 is 2.65. The predicted molar refractivity (Wildman–Crippen MR) is 202 cm³/mol. The van der Waals surface area contributed by atoms with Crippen molar-refractivity contribution in [3.63, 3.8) is 0 Å². The fourth-order valence-electron chi connectivity index (χ4n) is 7.57. The van der Waals surface area contributed by atoms with E-state index in [1.165, 1.54) is 75.1 Å². The highest BCUT2D eigenvalue weighted by atomic mass is 32.1. The van der Waals surface area contributed by atoms with Gasteiger partial charge in [-0.3, -0.25) is 0 Å². The average Bonchev–Trinajstić information content (AvgIpc) is 3.50. The number of benzene rings is 8. The molecule has 0 aliphatic heterocycles. The highest BCUT2D eigenvalue weighted by Gasteiger charge is 2.22. The second-order valence-corrected chi connectivity index (χ2v) is 13.5. The first-order valence-electron chi connectivity index (χ1n) is 16.3. The van der Waals surface area contributed by atoms with Gasteiger partial charge < -0.3 is 0 Å². The minimum Gasteiger partial charge on any atom is -0.135 e. The molecule has 0 bridgehead atoms. The lowest BCUT2D eigenvalue weighted by Crippen LogP contribution is -2.04. The number of hydrogen-bond acceptors (Lipinski definition) is 1. The first-order chi connectivity index (χ1) is 23.3. The normalized spacial score (nSPS) is 12.9. The second kappa shape index (κ2) is 11.7. The zero-order chi connectivity index (χ0) is 31.2. The minimum atomic E-state index is 0.123. The summed E-state index contributed by atoms with van der Waals surface area (Å²) in [6, 6.07) is 67.3. The van der Waals surface area contributed by atoms with Crippen molar-refractivity contribution >= 4 is 53.1 Å². The Kier molecular flexibility index (Phi) is 6.91. The number of thiophene rings is 1. The van der Waals surface area contributed by atoms with Crippen LogP contribution in [0.3, 0.4) is 0 Å². The van der Waals surface area contributed by atoms with Crippen molar-refractivity contribution in [3.05, 3.63) is 215 Å². The Morgan fingerprint density at radius 3 is 1.17 bits per heavy atom. The molecule has 0 nitrogen and oxygen atoms in total. The van der Waals surface area contributed by atoms with Gasteiger partial charge in [0.05, 0.1) is 0 Å². The molecule has 1 heteroatoms. The van der Waals surface area contributed by atoms with Gasteiger partial charge in [-0.05, 0) is 79.2 Å². The summed E-state index contributed by atoms with van der Waals surface area (Å²) in [6.07, 6.45) is 0. The van der Waals surface area contributed by atoms with E-state index in [9.17, 15) is 0 Å². The van der Waals surface area contributed by atoms with E-state index in [0.717, 1.165) is 0 Å². The first kappa shape index (κ1) is 27.8. The van der Waals surface area contributed by atoms with E-state index in [2.05, 4.69) is 182 Å². The number of hydrogen-bond donors (Lipinski definition) is 0. The molecule has 9 rings (SSSR count). The van der Waals surface area contributed by atoms with Crippen LogP contribution in [0.1, 0.15) is 45.2 Å². The molecule has 0 N–H and O–H groups in total. The van der Waals surface area contributed by atoms with E-state index in [1.807, 2.05) is 11.3 Å². The third-order valence-corrected chi connectivity index (χ3v) is 10.9. The van der Waals surface area contributed by atoms with E-state index in [-0.39, 0.29) is 11.8 Å². The Labute approximate surface area is 279 Å². The maximum Gasteiger partial charge on any atom is 0.0355 e. The molecule has 0 aliphatic rings. The van der Waals surface area contributed by atoms with Gasteiger partial charge in [-0.15, -0.1) is 11.3 Å². The van der Waals surface area contributed by atoms with Gasteiger partial charge in [-0.25, -0.2) is 0 Å². The zero-order valence-corrected chi connectivity index (χ0v) is 26.7. The highest BCUT2D eigenvalue weighted by Crippen LogP contribution is 2.43. The standard InChI is InChI=1S/C46H32S/c1-3-15-33(16-4-1)45(39-23-11-19-31-13-7-9-21-37(31)39)35-25-27-43-41(29-35)42-30-36(26-28-44(42)47-43)46(34-17-5-2-6-18-34)40-24-12-20-32-14-8-10-22-38(32)40/h1-30,45-46H. The molecule has 0 saturated carbocycles. The highest BCUT2D eigenvalue weighted by molar-refractivity contribution is 7.25. The molecule has 1 heterocycles. The quantitative estimate of drug-likeness (QED) is 0.163. The molecule has 2 atom stereocenters. The van der Waals surface area contributed by atoms with Crippen molar-refractivity contribution in [1.29, 1.82) is 0 Å². The van der Waals surface area contributed by atoms with Gasteiger partial charge in [0.1, 0.15) is 0 Å². The lowest BCUT2D eigenvalue weighted by atomic mass is 9.81. The monoisotopic (exact) mass is 616 g/mol. The Hall–Kier alpha value is -5.50. The van der Waals surface area contributed by atoms with E-state index in [0.29, 0.717) is 0 Å². The third-order valence-electron chi connectivity index (χ3n) is 9.72. The van der Waals surface area contributed by atoms with Crippen LogP contribution in [0.25, 0.3) is 41.7 Å². The SMILES string of the molecule is c1ccc(C(c2ccc3sc4ccc(C(c5ccccc5)c5cccc6ccccc56)cc4c3c2)c2cccc3ccccc23)cc1. The summed E-state index contributed by atoms with van der Waals surface area (Å²) in [5.41, 5.74) is 7.94. The van der Waals surface area contributed by atoms with Gasteiger partial charge in [0.2, 0.25) is 0 Å². The van der Waals surface area contributed by atoms with E-state index in [4.69, 9.17) is 0 Å². The Balaban J connectivity index is 1.25. The topological polar surface area (TPSA) is 0 Å². The lowest BCUT2D eigenvalue weighted by molar-refractivity contribution is 0.991. The summed E-state index contributed by atoms with van der Waals surface area (Å²) in [7, 11) is 0. The van der Waals surface area contributed by atoms with Crippen LogP contribution in [0, 0.1) is 0 Å². The maximum absolute atomic E-state index is 2.47. The molecule has 0 aliphatic carbocycles. The van der Waals surface area contributed by atoms with Gasteiger partial charge in [0, 0.05) is 32.0 Å². The van der Waals surface area contributed by atoms with Crippen molar-refractivity contribution in [1.82, 2.24) is 0 Å². The summed E-state index contributed by atoms with van der Waals surface area (Å²) in [6.45, 7) is 0. The van der Waals surface area contributed by atoms with Crippen LogP contribution in [0.4, 0.5) is 0 Å². The molecule has 0 saturated heterocycles. The summed E-state index contributed by atoms with van der Waals surface area (Å²) >= 11 is 1.89. The summed E-state index contributed by atoms with van der Waals surface area (Å²) in [5, 5.41) is 7.82. The Morgan fingerprint density at radius 1 is 0.298 bits per heavy atom. The van der Waals surface area contributed by atoms with Crippen molar-refractivity contribution in [2.75, 3.05) is 0 Å². The van der Waals surface area contributed by atoms with Gasteiger partial charge >= 0.3 is 0 Å².